The van der Waals surface area contributed by atoms with E-state index in [1.54, 1.807) is 6.07 Å². The van der Waals surface area contributed by atoms with Gasteiger partial charge in [0.05, 0.1) is 16.9 Å². The van der Waals surface area contributed by atoms with Crippen LogP contribution in [-0.4, -0.2) is 37.0 Å². The molecule has 0 saturated carbocycles. The number of ether oxygens (including phenoxy) is 1. The minimum atomic E-state index is -3.97. The first-order valence-electron chi connectivity index (χ1n) is 9.47. The van der Waals surface area contributed by atoms with Crippen LogP contribution in [0.15, 0.2) is 46.7 Å². The first-order valence-corrected chi connectivity index (χ1v) is 11.0. The molecule has 0 fully saturated rings. The fourth-order valence-electron chi connectivity index (χ4n) is 2.92. The molecule has 0 aliphatic rings. The number of rotatable bonds is 10. The number of carbonyl (C=O) groups is 2. The summed E-state index contributed by atoms with van der Waals surface area (Å²) in [6.45, 7) is 3.10. The van der Waals surface area contributed by atoms with Crippen molar-refractivity contribution in [3.63, 3.8) is 0 Å². The number of aliphatic carboxylic acids is 1. The van der Waals surface area contributed by atoms with Crippen molar-refractivity contribution >= 4 is 21.6 Å². The summed E-state index contributed by atoms with van der Waals surface area (Å²) >= 11 is 0. The van der Waals surface area contributed by atoms with Gasteiger partial charge >= 0.3 is 5.97 Å². The van der Waals surface area contributed by atoms with Gasteiger partial charge in [0.15, 0.2) is 15.6 Å². The Balaban J connectivity index is 2.15. The Bertz CT molecular complexity index is 1120. The molecule has 0 heterocycles. The van der Waals surface area contributed by atoms with Crippen LogP contribution in [-0.2, 0) is 27.5 Å². The van der Waals surface area contributed by atoms with E-state index in [0.29, 0.717) is 24.2 Å². The summed E-state index contributed by atoms with van der Waals surface area (Å²) in [5.74, 6) is -2.25. The lowest BCUT2D eigenvalue weighted by Crippen LogP contribution is -2.05. The van der Waals surface area contributed by atoms with E-state index < -0.39 is 28.0 Å². The quantitative estimate of drug-likeness (QED) is 0.530. The number of hydrogen-bond donors (Lipinski definition) is 2. The molecule has 0 spiro atoms. The first kappa shape index (κ1) is 24.1. The maximum atomic E-state index is 14.0. The monoisotopic (exact) mass is 450 g/mol. The summed E-state index contributed by atoms with van der Waals surface area (Å²) in [6, 6.07) is 6.02. The smallest absolute Gasteiger partial charge is 0.307 e. The third kappa shape index (κ3) is 6.14. The molecule has 9 heteroatoms. The van der Waals surface area contributed by atoms with Gasteiger partial charge < -0.3 is 14.9 Å². The molecule has 0 unspecified atom stereocenters. The van der Waals surface area contributed by atoms with Gasteiger partial charge in [-0.3, -0.25) is 9.59 Å². The Morgan fingerprint density at radius 2 is 1.90 bits per heavy atom. The third-order valence-corrected chi connectivity index (χ3v) is 5.89. The molecular formula is C22H23FO7S. The minimum absolute atomic E-state index is 0.115. The summed E-state index contributed by atoms with van der Waals surface area (Å²) in [5, 5.41) is 19.9. The summed E-state index contributed by atoms with van der Waals surface area (Å²) in [7, 11) is -3.97. The van der Waals surface area contributed by atoms with Gasteiger partial charge in [-0.1, -0.05) is 19.4 Å². The largest absolute Gasteiger partial charge is 0.507 e. The van der Waals surface area contributed by atoms with Crippen LogP contribution in [0.3, 0.4) is 0 Å². The van der Waals surface area contributed by atoms with Crippen LogP contribution in [0.4, 0.5) is 4.39 Å². The number of benzene rings is 2. The van der Waals surface area contributed by atoms with E-state index in [0.717, 1.165) is 23.6 Å². The molecule has 0 atom stereocenters. The summed E-state index contributed by atoms with van der Waals surface area (Å²) in [4.78, 5) is 22.0. The number of carboxylic acids is 1. The number of sulfone groups is 1. The molecule has 2 aromatic carbocycles. The lowest BCUT2D eigenvalue weighted by Gasteiger charge is -2.13. The van der Waals surface area contributed by atoms with Crippen molar-refractivity contribution in [2.75, 3.05) is 6.61 Å². The molecule has 0 saturated heterocycles. The van der Waals surface area contributed by atoms with Crippen LogP contribution >= 0.6 is 0 Å². The highest BCUT2D eigenvalue weighted by Crippen LogP contribution is 2.33. The average Bonchev–Trinajstić information content (AvgIpc) is 2.68. The van der Waals surface area contributed by atoms with E-state index in [1.165, 1.54) is 19.1 Å². The van der Waals surface area contributed by atoms with Crippen LogP contribution in [0, 0.1) is 5.82 Å². The molecule has 0 aliphatic heterocycles. The molecule has 0 amide bonds. The molecular weight excluding hydrogens is 427 g/mol. The highest BCUT2D eigenvalue weighted by atomic mass is 32.2. The second-order valence-corrected chi connectivity index (χ2v) is 8.63. The van der Waals surface area contributed by atoms with Gasteiger partial charge in [0.25, 0.3) is 0 Å². The lowest BCUT2D eigenvalue weighted by atomic mass is 10.0. The maximum absolute atomic E-state index is 14.0. The highest BCUT2D eigenvalue weighted by molar-refractivity contribution is 7.94. The highest BCUT2D eigenvalue weighted by Gasteiger charge is 2.17. The topological polar surface area (TPSA) is 118 Å². The Kier molecular flexibility index (Phi) is 7.93. The third-order valence-electron chi connectivity index (χ3n) is 4.42. The second kappa shape index (κ2) is 10.2. The van der Waals surface area contributed by atoms with Crippen LogP contribution in [0.2, 0.25) is 0 Å². The van der Waals surface area contributed by atoms with Crippen molar-refractivity contribution in [2.24, 2.45) is 0 Å². The Morgan fingerprint density at radius 3 is 2.48 bits per heavy atom. The standard InChI is InChI=1S/C22H23FO7S/c1-3-5-18-20(9-8-17(14(2)24)22(18)27)30-10-4-11-31(28,29)16-7-6-15(12-21(25)26)19(23)13-16/h4,6-9,11,13,27H,3,5,10,12H2,1-2H3,(H,25,26). The zero-order valence-electron chi connectivity index (χ0n) is 17.1. The normalized spacial score (nSPS) is 11.6. The van der Waals surface area contributed by atoms with E-state index in [1.807, 2.05) is 6.92 Å². The van der Waals surface area contributed by atoms with Gasteiger partial charge in [0, 0.05) is 11.0 Å². The van der Waals surface area contributed by atoms with Gasteiger partial charge in [-0.25, -0.2) is 12.8 Å². The van der Waals surface area contributed by atoms with Crippen LogP contribution in [0.25, 0.3) is 0 Å². The number of phenolic OH excluding ortho intramolecular Hbond substituents is 1. The molecule has 7 nitrogen and oxygen atoms in total. The van der Waals surface area contributed by atoms with Crippen molar-refractivity contribution in [1.82, 2.24) is 0 Å². The lowest BCUT2D eigenvalue weighted by molar-refractivity contribution is -0.136. The molecule has 2 N–H and O–H groups in total. The van der Waals surface area contributed by atoms with Crippen molar-refractivity contribution in [2.45, 2.75) is 38.0 Å². The molecule has 0 aromatic heterocycles. The Morgan fingerprint density at radius 1 is 1.19 bits per heavy atom. The van der Waals surface area contributed by atoms with E-state index in [4.69, 9.17) is 9.84 Å². The summed E-state index contributed by atoms with van der Waals surface area (Å²) in [6.07, 6.45) is 1.83. The van der Waals surface area contributed by atoms with Crippen LogP contribution in [0.1, 0.15) is 41.8 Å². The molecule has 0 radical (unpaired) electrons. The Labute approximate surface area is 179 Å². The van der Waals surface area contributed by atoms with E-state index >= 15 is 0 Å². The predicted octanol–water partition coefficient (Wildman–Crippen LogP) is 3.68. The average molecular weight is 450 g/mol. The van der Waals surface area contributed by atoms with Crippen molar-refractivity contribution in [1.29, 1.82) is 0 Å². The molecule has 31 heavy (non-hydrogen) atoms. The first-order chi connectivity index (χ1) is 14.6. The number of hydrogen-bond acceptors (Lipinski definition) is 6. The number of aromatic hydroxyl groups is 1. The number of Topliss-reactive ketones (excluding diaryl/α,β-unsaturated/α-hetero) is 1. The van der Waals surface area contributed by atoms with Crippen molar-refractivity contribution in [3.8, 4) is 11.5 Å². The number of ketones is 1. The maximum Gasteiger partial charge on any atom is 0.307 e. The summed E-state index contributed by atoms with van der Waals surface area (Å²) < 4.78 is 44.3. The van der Waals surface area contributed by atoms with E-state index in [-0.39, 0.29) is 34.2 Å². The fourth-order valence-corrected chi connectivity index (χ4v) is 3.94. The zero-order chi connectivity index (χ0) is 23.2. The summed E-state index contributed by atoms with van der Waals surface area (Å²) in [5.41, 5.74) is 0.529. The molecule has 2 rings (SSSR count). The number of halogens is 1. The van der Waals surface area contributed by atoms with Gasteiger partial charge in [-0.15, -0.1) is 0 Å². The van der Waals surface area contributed by atoms with Crippen molar-refractivity contribution in [3.05, 3.63) is 64.3 Å². The fraction of sp³-hybridized carbons (Fsp3) is 0.273. The van der Waals surface area contributed by atoms with Gasteiger partial charge in [0.1, 0.15) is 23.9 Å². The Hall–Kier alpha value is -3.20. The van der Waals surface area contributed by atoms with Gasteiger partial charge in [0.2, 0.25) is 0 Å². The van der Waals surface area contributed by atoms with Crippen molar-refractivity contribution < 1.29 is 37.3 Å². The molecule has 0 aliphatic carbocycles. The second-order valence-electron chi connectivity index (χ2n) is 6.80. The molecule has 2 aromatic rings. The zero-order valence-corrected chi connectivity index (χ0v) is 17.9. The SMILES string of the molecule is CCCc1c(OCC=CS(=O)(=O)c2ccc(CC(=O)O)c(F)c2)ccc(C(C)=O)c1O. The van der Waals surface area contributed by atoms with Gasteiger partial charge in [-0.05, 0) is 49.2 Å². The van der Waals surface area contributed by atoms with E-state index in [2.05, 4.69) is 0 Å². The molecule has 166 valence electrons. The number of carbonyl (C=O) groups excluding carboxylic acids is 1. The van der Waals surface area contributed by atoms with E-state index in [9.17, 15) is 27.5 Å². The van der Waals surface area contributed by atoms with Gasteiger partial charge in [-0.2, -0.15) is 0 Å². The predicted molar refractivity (Wildman–Crippen MR) is 112 cm³/mol. The number of phenols is 1. The number of carboxylic acid groups (broad SMARTS) is 1. The van der Waals surface area contributed by atoms with Crippen LogP contribution in [0.5, 0.6) is 11.5 Å². The molecule has 0 bridgehead atoms. The minimum Gasteiger partial charge on any atom is -0.507 e. The van der Waals surface area contributed by atoms with Crippen LogP contribution < -0.4 is 4.74 Å².